The molecular weight excluding hydrogens is 214 g/mol. The SMILES string of the molecule is CCC(CC)CC(N)CSc1ccccc1. The number of nitrogens with two attached hydrogens (primary N) is 1. The first kappa shape index (κ1) is 13.6. The molecule has 0 radical (unpaired) electrons. The molecule has 0 aromatic heterocycles. The van der Waals surface area contributed by atoms with E-state index < -0.39 is 0 Å². The molecule has 1 aromatic rings. The summed E-state index contributed by atoms with van der Waals surface area (Å²) in [6.07, 6.45) is 3.66. The van der Waals surface area contributed by atoms with Gasteiger partial charge in [-0.05, 0) is 24.5 Å². The van der Waals surface area contributed by atoms with E-state index in [2.05, 4.69) is 38.1 Å². The fourth-order valence-electron chi connectivity index (χ4n) is 1.84. The molecule has 90 valence electrons. The summed E-state index contributed by atoms with van der Waals surface area (Å²) in [6.45, 7) is 4.51. The first-order chi connectivity index (χ1) is 7.76. The van der Waals surface area contributed by atoms with Crippen LogP contribution in [0, 0.1) is 5.92 Å². The summed E-state index contributed by atoms with van der Waals surface area (Å²) in [5.74, 6) is 1.83. The van der Waals surface area contributed by atoms with Crippen LogP contribution in [0.5, 0.6) is 0 Å². The van der Waals surface area contributed by atoms with Crippen LogP contribution in [0.25, 0.3) is 0 Å². The molecule has 1 rings (SSSR count). The van der Waals surface area contributed by atoms with Crippen LogP contribution in [0.1, 0.15) is 33.1 Å². The maximum atomic E-state index is 6.15. The highest BCUT2D eigenvalue weighted by atomic mass is 32.2. The van der Waals surface area contributed by atoms with Crippen molar-refractivity contribution in [2.24, 2.45) is 11.7 Å². The molecule has 0 saturated carbocycles. The van der Waals surface area contributed by atoms with Gasteiger partial charge in [0.05, 0.1) is 0 Å². The second-order valence-electron chi connectivity index (χ2n) is 4.30. The summed E-state index contributed by atoms with van der Waals surface area (Å²) in [4.78, 5) is 1.32. The van der Waals surface area contributed by atoms with Crippen LogP contribution in [0.2, 0.25) is 0 Å². The Hall–Kier alpha value is -0.470. The fraction of sp³-hybridized carbons (Fsp3) is 0.571. The van der Waals surface area contributed by atoms with Gasteiger partial charge in [0, 0.05) is 16.7 Å². The van der Waals surface area contributed by atoms with Gasteiger partial charge in [0.1, 0.15) is 0 Å². The average Bonchev–Trinajstić information content (AvgIpc) is 2.34. The van der Waals surface area contributed by atoms with Gasteiger partial charge < -0.3 is 5.73 Å². The van der Waals surface area contributed by atoms with Crippen molar-refractivity contribution in [1.29, 1.82) is 0 Å². The first-order valence-corrected chi connectivity index (χ1v) is 7.18. The summed E-state index contributed by atoms with van der Waals surface area (Å²) in [6, 6.07) is 10.8. The normalized spacial score (nSPS) is 13.0. The molecule has 0 aliphatic rings. The Labute approximate surface area is 104 Å². The molecule has 0 bridgehead atoms. The van der Waals surface area contributed by atoms with Gasteiger partial charge >= 0.3 is 0 Å². The maximum absolute atomic E-state index is 6.15. The van der Waals surface area contributed by atoms with E-state index in [9.17, 15) is 0 Å². The quantitative estimate of drug-likeness (QED) is 0.727. The molecular formula is C14H23NS. The molecule has 2 heteroatoms. The lowest BCUT2D eigenvalue weighted by Crippen LogP contribution is -2.25. The third-order valence-electron chi connectivity index (χ3n) is 3.00. The van der Waals surface area contributed by atoms with Crippen molar-refractivity contribution in [3.63, 3.8) is 0 Å². The molecule has 0 spiro atoms. The van der Waals surface area contributed by atoms with E-state index in [4.69, 9.17) is 5.73 Å². The zero-order valence-electron chi connectivity index (χ0n) is 10.4. The smallest absolute Gasteiger partial charge is 0.0136 e. The number of hydrogen-bond acceptors (Lipinski definition) is 2. The molecule has 1 nitrogen and oxygen atoms in total. The summed E-state index contributed by atoms with van der Waals surface area (Å²) in [7, 11) is 0. The van der Waals surface area contributed by atoms with E-state index in [-0.39, 0.29) is 0 Å². The van der Waals surface area contributed by atoms with Crippen LogP contribution in [0.15, 0.2) is 35.2 Å². The molecule has 0 saturated heterocycles. The molecule has 1 atom stereocenters. The Morgan fingerprint density at radius 3 is 2.31 bits per heavy atom. The molecule has 0 fully saturated rings. The minimum Gasteiger partial charge on any atom is -0.327 e. The van der Waals surface area contributed by atoms with Crippen molar-refractivity contribution in [1.82, 2.24) is 0 Å². The van der Waals surface area contributed by atoms with Gasteiger partial charge in [0.15, 0.2) is 0 Å². The summed E-state index contributed by atoms with van der Waals surface area (Å²) in [5.41, 5.74) is 6.15. The van der Waals surface area contributed by atoms with Crippen LogP contribution in [-0.2, 0) is 0 Å². The number of thioether (sulfide) groups is 1. The lowest BCUT2D eigenvalue weighted by atomic mass is 9.96. The molecule has 1 aromatic carbocycles. The predicted octanol–water partition coefficient (Wildman–Crippen LogP) is 3.93. The van der Waals surface area contributed by atoms with E-state index in [0.29, 0.717) is 6.04 Å². The Bertz CT molecular complexity index is 269. The average molecular weight is 237 g/mol. The van der Waals surface area contributed by atoms with Gasteiger partial charge in [-0.25, -0.2) is 0 Å². The van der Waals surface area contributed by atoms with Crippen molar-refractivity contribution in [2.45, 2.75) is 44.0 Å². The summed E-state index contributed by atoms with van der Waals surface area (Å²) >= 11 is 1.87. The van der Waals surface area contributed by atoms with Gasteiger partial charge in [-0.2, -0.15) is 0 Å². The monoisotopic (exact) mass is 237 g/mol. The van der Waals surface area contributed by atoms with Gasteiger partial charge in [-0.1, -0.05) is 44.9 Å². The van der Waals surface area contributed by atoms with E-state index in [1.165, 1.54) is 17.7 Å². The molecule has 0 amide bonds. The minimum absolute atomic E-state index is 0.329. The zero-order valence-corrected chi connectivity index (χ0v) is 11.2. The largest absolute Gasteiger partial charge is 0.327 e. The highest BCUT2D eigenvalue weighted by molar-refractivity contribution is 7.99. The summed E-state index contributed by atoms with van der Waals surface area (Å²) in [5, 5.41) is 0. The predicted molar refractivity (Wildman–Crippen MR) is 73.8 cm³/mol. The zero-order chi connectivity index (χ0) is 11.8. The fourth-order valence-corrected chi connectivity index (χ4v) is 2.73. The van der Waals surface area contributed by atoms with Crippen LogP contribution in [0.3, 0.4) is 0 Å². The second kappa shape index (κ2) is 7.75. The third kappa shape index (κ3) is 5.04. The van der Waals surface area contributed by atoms with Crippen molar-refractivity contribution >= 4 is 11.8 Å². The van der Waals surface area contributed by atoms with Crippen LogP contribution in [-0.4, -0.2) is 11.8 Å². The Morgan fingerprint density at radius 2 is 1.75 bits per heavy atom. The van der Waals surface area contributed by atoms with Gasteiger partial charge in [-0.3, -0.25) is 0 Å². The first-order valence-electron chi connectivity index (χ1n) is 6.19. The van der Waals surface area contributed by atoms with Crippen molar-refractivity contribution in [2.75, 3.05) is 5.75 Å². The topological polar surface area (TPSA) is 26.0 Å². The number of hydrogen-bond donors (Lipinski definition) is 1. The molecule has 16 heavy (non-hydrogen) atoms. The number of rotatable bonds is 7. The minimum atomic E-state index is 0.329. The van der Waals surface area contributed by atoms with E-state index in [1.807, 2.05) is 17.8 Å². The van der Waals surface area contributed by atoms with Crippen LogP contribution >= 0.6 is 11.8 Å². The molecule has 2 N–H and O–H groups in total. The van der Waals surface area contributed by atoms with Crippen molar-refractivity contribution in [3.8, 4) is 0 Å². The van der Waals surface area contributed by atoms with Gasteiger partial charge in [0.25, 0.3) is 0 Å². The maximum Gasteiger partial charge on any atom is 0.0136 e. The number of benzene rings is 1. The summed E-state index contributed by atoms with van der Waals surface area (Å²) < 4.78 is 0. The highest BCUT2D eigenvalue weighted by Gasteiger charge is 2.10. The van der Waals surface area contributed by atoms with E-state index >= 15 is 0 Å². The molecule has 0 heterocycles. The highest BCUT2D eigenvalue weighted by Crippen LogP contribution is 2.21. The van der Waals surface area contributed by atoms with Crippen LogP contribution in [0.4, 0.5) is 0 Å². The molecule has 1 unspecified atom stereocenters. The Morgan fingerprint density at radius 1 is 1.12 bits per heavy atom. The van der Waals surface area contributed by atoms with Gasteiger partial charge in [-0.15, -0.1) is 11.8 Å². The molecule has 0 aliphatic heterocycles. The Balaban J connectivity index is 2.27. The van der Waals surface area contributed by atoms with Gasteiger partial charge in [0.2, 0.25) is 0 Å². The molecule has 0 aliphatic carbocycles. The Kier molecular flexibility index (Phi) is 6.58. The van der Waals surface area contributed by atoms with Crippen molar-refractivity contribution in [3.05, 3.63) is 30.3 Å². The van der Waals surface area contributed by atoms with E-state index in [1.54, 1.807) is 0 Å². The van der Waals surface area contributed by atoms with E-state index in [0.717, 1.165) is 18.1 Å². The van der Waals surface area contributed by atoms with Crippen LogP contribution < -0.4 is 5.73 Å². The second-order valence-corrected chi connectivity index (χ2v) is 5.40. The third-order valence-corrected chi connectivity index (χ3v) is 4.20. The van der Waals surface area contributed by atoms with Crippen molar-refractivity contribution < 1.29 is 0 Å². The lowest BCUT2D eigenvalue weighted by Gasteiger charge is -2.17. The standard InChI is InChI=1S/C14H23NS/c1-3-12(4-2)10-13(15)11-16-14-8-6-5-7-9-14/h5-9,12-13H,3-4,10-11,15H2,1-2H3. The lowest BCUT2D eigenvalue weighted by molar-refractivity contribution is 0.424.